The highest BCUT2D eigenvalue weighted by Gasteiger charge is 2.03. The zero-order valence-electron chi connectivity index (χ0n) is 10.3. The molecule has 0 spiro atoms. The topological polar surface area (TPSA) is 54.4 Å². The number of aromatic nitrogens is 1. The Hall–Kier alpha value is -2.56. The third-order valence-electron chi connectivity index (χ3n) is 2.42. The van der Waals surface area contributed by atoms with Crippen molar-refractivity contribution in [3.8, 4) is 0 Å². The Labute approximate surface area is 110 Å². The van der Waals surface area contributed by atoms with Crippen molar-refractivity contribution in [3.63, 3.8) is 0 Å². The number of aryl methyl sites for hydroxylation is 1. The van der Waals surface area contributed by atoms with Gasteiger partial charge in [0, 0.05) is 11.9 Å². The first-order chi connectivity index (χ1) is 9.15. The van der Waals surface area contributed by atoms with E-state index >= 15 is 0 Å². The largest absolute Gasteiger partial charge is 0.272 e. The van der Waals surface area contributed by atoms with Crippen molar-refractivity contribution in [1.29, 1.82) is 0 Å². The quantitative estimate of drug-likeness (QED) is 0.677. The Morgan fingerprint density at radius 2 is 2.00 bits per heavy atom. The van der Waals surface area contributed by atoms with Gasteiger partial charge in [0.2, 0.25) is 0 Å². The molecule has 19 heavy (non-hydrogen) atoms. The van der Waals surface area contributed by atoms with E-state index in [9.17, 15) is 9.18 Å². The average Bonchev–Trinajstić information content (AvgIpc) is 2.41. The Bertz CT molecular complexity index is 591. The summed E-state index contributed by atoms with van der Waals surface area (Å²) in [6.45, 7) is 1.84. The molecule has 2 aromatic rings. The predicted molar refractivity (Wildman–Crippen MR) is 70.4 cm³/mol. The highest BCUT2D eigenvalue weighted by atomic mass is 19.1. The summed E-state index contributed by atoms with van der Waals surface area (Å²) in [6.07, 6.45) is 2.93. The normalized spacial score (nSPS) is 10.6. The van der Waals surface area contributed by atoms with Gasteiger partial charge in [-0.2, -0.15) is 5.10 Å². The third-order valence-corrected chi connectivity index (χ3v) is 2.42. The number of halogens is 1. The number of rotatable bonds is 3. The molecule has 5 heteroatoms. The van der Waals surface area contributed by atoms with Crippen molar-refractivity contribution < 1.29 is 9.18 Å². The van der Waals surface area contributed by atoms with Gasteiger partial charge in [-0.1, -0.05) is 12.1 Å². The predicted octanol–water partition coefficient (Wildman–Crippen LogP) is 2.29. The van der Waals surface area contributed by atoms with Crippen molar-refractivity contribution in [3.05, 3.63) is 65.2 Å². The van der Waals surface area contributed by atoms with Crippen LogP contribution in [0.1, 0.15) is 21.6 Å². The van der Waals surface area contributed by atoms with Crippen LogP contribution in [0.2, 0.25) is 0 Å². The summed E-state index contributed by atoms with van der Waals surface area (Å²) >= 11 is 0. The maximum atomic E-state index is 12.7. The fourth-order valence-electron chi connectivity index (χ4n) is 1.38. The number of benzene rings is 1. The van der Waals surface area contributed by atoms with Gasteiger partial charge < -0.3 is 0 Å². The molecule has 1 aromatic carbocycles. The maximum Gasteiger partial charge on any atom is 0.272 e. The van der Waals surface area contributed by atoms with Crippen LogP contribution in [0.25, 0.3) is 0 Å². The number of pyridine rings is 1. The van der Waals surface area contributed by atoms with Crippen LogP contribution in [0.5, 0.6) is 0 Å². The minimum absolute atomic E-state index is 0.313. The zero-order valence-corrected chi connectivity index (χ0v) is 10.3. The molecule has 0 saturated heterocycles. The number of hydrogen-bond acceptors (Lipinski definition) is 3. The van der Waals surface area contributed by atoms with E-state index in [1.54, 1.807) is 24.3 Å². The standard InChI is InChI=1S/C14H12FN3O/c1-10-2-5-12(9-16-10)14(19)18-17-8-11-3-6-13(15)7-4-11/h2-9H,1H3,(H,18,19). The molecule has 1 aromatic heterocycles. The Balaban J connectivity index is 1.96. The molecule has 96 valence electrons. The molecule has 0 aliphatic carbocycles. The van der Waals surface area contributed by atoms with Crippen LogP contribution in [0.4, 0.5) is 4.39 Å². The lowest BCUT2D eigenvalue weighted by Crippen LogP contribution is -2.17. The second-order valence-corrected chi connectivity index (χ2v) is 3.94. The van der Waals surface area contributed by atoms with E-state index in [4.69, 9.17) is 0 Å². The molecule has 2 rings (SSSR count). The number of hydrogen-bond donors (Lipinski definition) is 1. The van der Waals surface area contributed by atoms with Crippen molar-refractivity contribution >= 4 is 12.1 Å². The van der Waals surface area contributed by atoms with Crippen molar-refractivity contribution in [2.45, 2.75) is 6.92 Å². The van der Waals surface area contributed by atoms with Gasteiger partial charge in [-0.25, -0.2) is 9.82 Å². The van der Waals surface area contributed by atoms with Gasteiger partial charge in [0.05, 0.1) is 11.8 Å². The van der Waals surface area contributed by atoms with E-state index in [0.29, 0.717) is 11.1 Å². The Morgan fingerprint density at radius 1 is 1.26 bits per heavy atom. The van der Waals surface area contributed by atoms with Crippen molar-refractivity contribution in [2.24, 2.45) is 5.10 Å². The number of carbonyl (C=O) groups excluding carboxylic acids is 1. The summed E-state index contributed by atoms with van der Waals surface area (Å²) in [4.78, 5) is 15.7. The second-order valence-electron chi connectivity index (χ2n) is 3.94. The second kappa shape index (κ2) is 5.86. The van der Waals surface area contributed by atoms with Gasteiger partial charge in [0.1, 0.15) is 5.82 Å². The number of nitrogens with zero attached hydrogens (tertiary/aromatic N) is 2. The molecule has 0 radical (unpaired) electrons. The molecule has 0 unspecified atom stereocenters. The molecule has 0 aliphatic rings. The fraction of sp³-hybridized carbons (Fsp3) is 0.0714. The van der Waals surface area contributed by atoms with E-state index in [1.807, 2.05) is 6.92 Å². The molecule has 0 bridgehead atoms. The molecule has 4 nitrogen and oxygen atoms in total. The molecule has 0 aliphatic heterocycles. The molecule has 1 heterocycles. The first kappa shape index (κ1) is 12.9. The number of amides is 1. The minimum Gasteiger partial charge on any atom is -0.267 e. The highest BCUT2D eigenvalue weighted by Crippen LogP contribution is 2.00. The number of hydrazone groups is 1. The van der Waals surface area contributed by atoms with E-state index < -0.39 is 0 Å². The summed E-state index contributed by atoms with van der Waals surface area (Å²) in [6, 6.07) is 9.21. The molecular weight excluding hydrogens is 245 g/mol. The van der Waals surface area contributed by atoms with Crippen LogP contribution in [0, 0.1) is 12.7 Å². The van der Waals surface area contributed by atoms with E-state index in [-0.39, 0.29) is 11.7 Å². The summed E-state index contributed by atoms with van der Waals surface area (Å²) in [5.74, 6) is -0.655. The van der Waals surface area contributed by atoms with Crippen LogP contribution in [-0.4, -0.2) is 17.1 Å². The molecule has 1 amide bonds. The summed E-state index contributed by atoms with van der Waals surface area (Å²) < 4.78 is 12.7. The maximum absolute atomic E-state index is 12.7. The minimum atomic E-state index is -0.342. The van der Waals surface area contributed by atoms with Crippen LogP contribution in [0.15, 0.2) is 47.7 Å². The van der Waals surface area contributed by atoms with Gasteiger partial charge in [0.15, 0.2) is 0 Å². The van der Waals surface area contributed by atoms with Crippen LogP contribution in [0.3, 0.4) is 0 Å². The average molecular weight is 257 g/mol. The van der Waals surface area contributed by atoms with E-state index in [2.05, 4.69) is 15.5 Å². The van der Waals surface area contributed by atoms with Crippen LogP contribution < -0.4 is 5.43 Å². The number of carbonyl (C=O) groups is 1. The SMILES string of the molecule is Cc1ccc(C(=O)NN=Cc2ccc(F)cc2)cn1. The smallest absolute Gasteiger partial charge is 0.267 e. The molecule has 0 atom stereocenters. The first-order valence-corrected chi connectivity index (χ1v) is 5.67. The highest BCUT2D eigenvalue weighted by molar-refractivity contribution is 5.94. The monoisotopic (exact) mass is 257 g/mol. The summed E-state index contributed by atoms with van der Waals surface area (Å²) in [5.41, 5.74) is 4.35. The van der Waals surface area contributed by atoms with Crippen molar-refractivity contribution in [2.75, 3.05) is 0 Å². The van der Waals surface area contributed by atoms with Gasteiger partial charge in [0.25, 0.3) is 5.91 Å². The summed E-state index contributed by atoms with van der Waals surface area (Å²) in [5, 5.41) is 3.80. The summed E-state index contributed by atoms with van der Waals surface area (Å²) in [7, 11) is 0. The molecule has 0 saturated carbocycles. The number of nitrogens with one attached hydrogen (secondary N) is 1. The molecular formula is C14H12FN3O. The fourth-order valence-corrected chi connectivity index (χ4v) is 1.38. The van der Waals surface area contributed by atoms with Crippen LogP contribution >= 0.6 is 0 Å². The van der Waals surface area contributed by atoms with Gasteiger partial charge in [-0.05, 0) is 36.8 Å². The van der Waals surface area contributed by atoms with Crippen LogP contribution in [-0.2, 0) is 0 Å². The van der Waals surface area contributed by atoms with Gasteiger partial charge in [-0.3, -0.25) is 9.78 Å². The molecule has 1 N–H and O–H groups in total. The lowest BCUT2D eigenvalue weighted by molar-refractivity contribution is 0.0955. The lowest BCUT2D eigenvalue weighted by atomic mass is 10.2. The van der Waals surface area contributed by atoms with Crippen molar-refractivity contribution in [1.82, 2.24) is 10.4 Å². The lowest BCUT2D eigenvalue weighted by Gasteiger charge is -1.99. The van der Waals surface area contributed by atoms with E-state index in [0.717, 1.165) is 5.69 Å². The van der Waals surface area contributed by atoms with Gasteiger partial charge >= 0.3 is 0 Å². The zero-order chi connectivity index (χ0) is 13.7. The van der Waals surface area contributed by atoms with Gasteiger partial charge in [-0.15, -0.1) is 0 Å². The van der Waals surface area contributed by atoms with E-state index in [1.165, 1.54) is 24.5 Å². The third kappa shape index (κ3) is 3.70. The first-order valence-electron chi connectivity index (χ1n) is 5.67. The Morgan fingerprint density at radius 3 is 2.63 bits per heavy atom. The Kier molecular flexibility index (Phi) is 3.97. The molecule has 0 fully saturated rings.